The highest BCUT2D eigenvalue weighted by Gasteiger charge is 2.40. The first kappa shape index (κ1) is 18.0. The summed E-state index contributed by atoms with van der Waals surface area (Å²) in [4.78, 5) is 7.55. The number of rotatable bonds is 3. The van der Waals surface area contributed by atoms with Crippen LogP contribution in [0.15, 0.2) is 53.5 Å². The molecule has 5 heteroatoms. The molecule has 1 spiro atoms. The highest BCUT2D eigenvalue weighted by Crippen LogP contribution is 2.38. The van der Waals surface area contributed by atoms with E-state index in [1.807, 2.05) is 36.4 Å². The van der Waals surface area contributed by atoms with Gasteiger partial charge in [0.05, 0.1) is 0 Å². The lowest BCUT2D eigenvalue weighted by atomic mass is 9.87. The molecule has 0 aromatic heterocycles. The summed E-state index contributed by atoms with van der Waals surface area (Å²) >= 11 is 0. The van der Waals surface area contributed by atoms with Crippen molar-refractivity contribution >= 4 is 5.71 Å². The van der Waals surface area contributed by atoms with Crippen molar-refractivity contribution in [1.82, 2.24) is 10.2 Å². The first-order valence-corrected chi connectivity index (χ1v) is 9.75. The summed E-state index contributed by atoms with van der Waals surface area (Å²) in [6.45, 7) is 5.23. The van der Waals surface area contributed by atoms with Gasteiger partial charge in [0, 0.05) is 42.4 Å². The van der Waals surface area contributed by atoms with Gasteiger partial charge < -0.3 is 15.1 Å². The lowest BCUT2D eigenvalue weighted by molar-refractivity contribution is 0.129. The van der Waals surface area contributed by atoms with E-state index in [1.54, 1.807) is 12.1 Å². The van der Waals surface area contributed by atoms with E-state index in [1.165, 1.54) is 0 Å². The molecule has 0 amide bonds. The Kier molecular flexibility index (Phi) is 4.89. The molecule has 3 N–H and O–H groups in total. The van der Waals surface area contributed by atoms with Crippen molar-refractivity contribution in [3.8, 4) is 11.5 Å². The standard InChI is InChI=1S/C22H27N3O2/c1-2-25-13-11-22(12-14-25)23-18(16-7-3-5-9-20(16)26)15-19(24-22)17-8-4-6-10-21(17)27/h3-10,18,23,26-27H,2,11-15H2,1H3/t18-/m1/s1. The van der Waals surface area contributed by atoms with Gasteiger partial charge in [-0.3, -0.25) is 10.3 Å². The number of benzene rings is 2. The quantitative estimate of drug-likeness (QED) is 0.779. The van der Waals surface area contributed by atoms with Crippen LogP contribution in [0.5, 0.6) is 11.5 Å². The maximum atomic E-state index is 10.4. The van der Waals surface area contributed by atoms with Crippen LogP contribution in [-0.4, -0.2) is 46.1 Å². The molecule has 0 aliphatic carbocycles. The number of likely N-dealkylation sites (tertiary alicyclic amines) is 1. The average Bonchev–Trinajstić information content (AvgIpc) is 2.69. The number of aromatic hydroxyl groups is 2. The molecule has 2 aromatic rings. The van der Waals surface area contributed by atoms with Gasteiger partial charge in [0.15, 0.2) is 0 Å². The summed E-state index contributed by atoms with van der Waals surface area (Å²) in [6.07, 6.45) is 2.47. The minimum atomic E-state index is -0.353. The van der Waals surface area contributed by atoms with Gasteiger partial charge in [0.25, 0.3) is 0 Å². The van der Waals surface area contributed by atoms with E-state index in [0.717, 1.165) is 49.3 Å². The number of hydrogen-bond donors (Lipinski definition) is 3. The van der Waals surface area contributed by atoms with Gasteiger partial charge in [-0.2, -0.15) is 0 Å². The average molecular weight is 365 g/mol. The highest BCUT2D eigenvalue weighted by molar-refractivity contribution is 6.03. The predicted octanol–water partition coefficient (Wildman–Crippen LogP) is 3.43. The number of phenolic OH excluding ortho intramolecular Hbond substituents is 2. The number of phenols is 2. The van der Waals surface area contributed by atoms with Crippen LogP contribution in [0.1, 0.15) is 43.4 Å². The van der Waals surface area contributed by atoms with Crippen LogP contribution in [0.2, 0.25) is 0 Å². The molecule has 0 bridgehead atoms. The van der Waals surface area contributed by atoms with E-state index in [9.17, 15) is 10.2 Å². The second kappa shape index (κ2) is 7.33. The van der Waals surface area contributed by atoms with E-state index in [0.29, 0.717) is 12.2 Å². The smallest absolute Gasteiger partial charge is 0.124 e. The van der Waals surface area contributed by atoms with Crippen molar-refractivity contribution in [3.63, 3.8) is 0 Å². The van der Waals surface area contributed by atoms with Crippen LogP contribution in [-0.2, 0) is 0 Å². The molecule has 4 rings (SSSR count). The van der Waals surface area contributed by atoms with Gasteiger partial charge in [-0.1, -0.05) is 37.3 Å². The predicted molar refractivity (Wildman–Crippen MR) is 107 cm³/mol. The van der Waals surface area contributed by atoms with Gasteiger partial charge in [-0.25, -0.2) is 0 Å². The molecule has 2 heterocycles. The van der Waals surface area contributed by atoms with Gasteiger partial charge in [-0.15, -0.1) is 0 Å². The molecule has 1 fully saturated rings. The Hall–Kier alpha value is -2.37. The van der Waals surface area contributed by atoms with Crippen molar-refractivity contribution in [3.05, 3.63) is 59.7 Å². The zero-order valence-corrected chi connectivity index (χ0v) is 15.7. The van der Waals surface area contributed by atoms with Gasteiger partial charge in [0.2, 0.25) is 0 Å². The highest BCUT2D eigenvalue weighted by atomic mass is 16.3. The van der Waals surface area contributed by atoms with Crippen LogP contribution >= 0.6 is 0 Å². The fraction of sp³-hybridized carbons (Fsp3) is 0.409. The lowest BCUT2D eigenvalue weighted by Crippen LogP contribution is -2.56. The van der Waals surface area contributed by atoms with E-state index in [4.69, 9.17) is 4.99 Å². The molecule has 2 aromatic carbocycles. The fourth-order valence-corrected chi connectivity index (χ4v) is 4.26. The zero-order valence-electron chi connectivity index (χ0n) is 15.7. The summed E-state index contributed by atoms with van der Waals surface area (Å²) in [5.74, 6) is 0.560. The maximum absolute atomic E-state index is 10.4. The Morgan fingerprint density at radius 3 is 2.37 bits per heavy atom. The molecular weight excluding hydrogens is 338 g/mol. The molecule has 1 saturated heterocycles. The van der Waals surface area contributed by atoms with Crippen molar-refractivity contribution in [2.24, 2.45) is 4.99 Å². The molecule has 0 radical (unpaired) electrons. The van der Waals surface area contributed by atoms with Gasteiger partial charge in [0.1, 0.15) is 17.2 Å². The van der Waals surface area contributed by atoms with Gasteiger partial charge >= 0.3 is 0 Å². The Labute approximate surface area is 160 Å². The number of nitrogens with one attached hydrogen (secondary N) is 1. The largest absolute Gasteiger partial charge is 0.508 e. The summed E-state index contributed by atoms with van der Waals surface area (Å²) in [5, 5.41) is 24.5. The van der Waals surface area contributed by atoms with E-state index < -0.39 is 0 Å². The third-order valence-corrected chi connectivity index (χ3v) is 5.85. The molecule has 0 saturated carbocycles. The number of nitrogens with zero attached hydrogens (tertiary/aromatic N) is 2. The number of aliphatic imine (C=N–C) groups is 1. The second-order valence-corrected chi connectivity index (χ2v) is 7.50. The van der Waals surface area contributed by atoms with E-state index >= 15 is 0 Å². The van der Waals surface area contributed by atoms with Crippen molar-refractivity contribution in [2.45, 2.75) is 37.9 Å². The lowest BCUT2D eigenvalue weighted by Gasteiger charge is -2.45. The first-order chi connectivity index (χ1) is 13.1. The monoisotopic (exact) mass is 365 g/mol. The summed E-state index contributed by atoms with van der Waals surface area (Å²) < 4.78 is 0. The minimum Gasteiger partial charge on any atom is -0.508 e. The van der Waals surface area contributed by atoms with Crippen molar-refractivity contribution < 1.29 is 10.2 Å². The molecule has 1 atom stereocenters. The van der Waals surface area contributed by atoms with Crippen molar-refractivity contribution in [1.29, 1.82) is 0 Å². The molecule has 2 aliphatic rings. The fourth-order valence-electron chi connectivity index (χ4n) is 4.26. The van der Waals surface area contributed by atoms with E-state index in [2.05, 4.69) is 17.1 Å². The zero-order chi connectivity index (χ0) is 18.9. The molecule has 142 valence electrons. The molecule has 0 unspecified atom stereocenters. The Morgan fingerprint density at radius 2 is 1.70 bits per heavy atom. The number of hydrogen-bond acceptors (Lipinski definition) is 5. The van der Waals surface area contributed by atoms with Crippen LogP contribution in [0.3, 0.4) is 0 Å². The van der Waals surface area contributed by atoms with Gasteiger partial charge in [-0.05, 0) is 37.6 Å². The summed E-state index contributed by atoms with van der Waals surface area (Å²) in [7, 11) is 0. The Balaban J connectivity index is 1.73. The SMILES string of the molecule is CCN1CCC2(CC1)N=C(c1ccccc1O)C[C@H](c1ccccc1O)N2. The second-order valence-electron chi connectivity index (χ2n) is 7.50. The normalized spacial score (nSPS) is 22.6. The minimum absolute atomic E-state index is 0.0357. The summed E-state index contributed by atoms with van der Waals surface area (Å²) in [5.41, 5.74) is 2.23. The topological polar surface area (TPSA) is 68.1 Å². The van der Waals surface area contributed by atoms with E-state index in [-0.39, 0.29) is 17.5 Å². The summed E-state index contributed by atoms with van der Waals surface area (Å²) in [6, 6.07) is 14.9. The molecular formula is C22H27N3O2. The van der Waals surface area contributed by atoms with Crippen LogP contribution in [0, 0.1) is 0 Å². The first-order valence-electron chi connectivity index (χ1n) is 9.75. The molecule has 27 heavy (non-hydrogen) atoms. The number of piperidine rings is 1. The Morgan fingerprint density at radius 1 is 1.04 bits per heavy atom. The van der Waals surface area contributed by atoms with Crippen LogP contribution in [0.4, 0.5) is 0 Å². The van der Waals surface area contributed by atoms with Crippen molar-refractivity contribution in [2.75, 3.05) is 19.6 Å². The van der Waals surface area contributed by atoms with Crippen LogP contribution < -0.4 is 5.32 Å². The number of para-hydroxylation sites is 2. The van der Waals surface area contributed by atoms with Crippen LogP contribution in [0.25, 0.3) is 0 Å². The third-order valence-electron chi connectivity index (χ3n) is 5.85. The maximum Gasteiger partial charge on any atom is 0.124 e. The molecule has 5 nitrogen and oxygen atoms in total. The Bertz CT molecular complexity index is 841. The third kappa shape index (κ3) is 3.57. The molecule has 2 aliphatic heterocycles.